The minimum Gasteiger partial charge on any atom is -0.370 e. The predicted molar refractivity (Wildman–Crippen MR) is 78.2 cm³/mol. The fraction of sp³-hybridized carbons (Fsp3) is 0.714. The van der Waals surface area contributed by atoms with Gasteiger partial charge in [-0.05, 0) is 25.2 Å². The van der Waals surface area contributed by atoms with Gasteiger partial charge in [0.1, 0.15) is 18.0 Å². The van der Waals surface area contributed by atoms with Crippen molar-refractivity contribution >= 4 is 11.6 Å². The number of hydrogen-bond donors (Lipinski definition) is 2. The first kappa shape index (κ1) is 14.7. The fourth-order valence-electron chi connectivity index (χ4n) is 1.87. The molecule has 4 heteroatoms. The molecule has 0 aliphatic heterocycles. The SMILES string of the molecule is CCNc1ncnc(NCCC(C)C)c1C(C)C. The predicted octanol–water partition coefficient (Wildman–Crippen LogP) is 3.49. The van der Waals surface area contributed by atoms with Crippen molar-refractivity contribution in [2.24, 2.45) is 5.92 Å². The normalized spacial score (nSPS) is 11.1. The quantitative estimate of drug-likeness (QED) is 0.777. The van der Waals surface area contributed by atoms with Gasteiger partial charge < -0.3 is 10.6 Å². The Balaban J connectivity index is 2.85. The van der Waals surface area contributed by atoms with E-state index in [1.165, 1.54) is 5.56 Å². The molecule has 2 N–H and O–H groups in total. The van der Waals surface area contributed by atoms with E-state index >= 15 is 0 Å². The van der Waals surface area contributed by atoms with Crippen LogP contribution in [-0.2, 0) is 0 Å². The van der Waals surface area contributed by atoms with Crippen LogP contribution < -0.4 is 10.6 Å². The molecule has 0 aliphatic rings. The maximum absolute atomic E-state index is 4.38. The van der Waals surface area contributed by atoms with E-state index in [0.717, 1.165) is 31.1 Å². The molecule has 0 unspecified atom stereocenters. The molecule has 1 aromatic heterocycles. The van der Waals surface area contributed by atoms with Crippen LogP contribution in [0, 0.1) is 5.92 Å². The molecule has 102 valence electrons. The molecule has 0 amide bonds. The summed E-state index contributed by atoms with van der Waals surface area (Å²) in [6, 6.07) is 0. The molecular formula is C14H26N4. The third kappa shape index (κ3) is 4.17. The maximum atomic E-state index is 4.38. The van der Waals surface area contributed by atoms with Crippen molar-refractivity contribution in [3.63, 3.8) is 0 Å². The Bertz CT molecular complexity index is 361. The van der Waals surface area contributed by atoms with Crippen molar-refractivity contribution < 1.29 is 0 Å². The van der Waals surface area contributed by atoms with Gasteiger partial charge in [-0.25, -0.2) is 9.97 Å². The van der Waals surface area contributed by atoms with E-state index in [4.69, 9.17) is 0 Å². The number of aromatic nitrogens is 2. The van der Waals surface area contributed by atoms with Gasteiger partial charge in [0, 0.05) is 18.7 Å². The summed E-state index contributed by atoms with van der Waals surface area (Å²) in [7, 11) is 0. The Morgan fingerprint density at radius 3 is 2.17 bits per heavy atom. The van der Waals surface area contributed by atoms with E-state index < -0.39 is 0 Å². The Hall–Kier alpha value is -1.32. The summed E-state index contributed by atoms with van der Waals surface area (Å²) < 4.78 is 0. The van der Waals surface area contributed by atoms with Crippen LogP contribution in [0.25, 0.3) is 0 Å². The highest BCUT2D eigenvalue weighted by Crippen LogP contribution is 2.28. The van der Waals surface area contributed by atoms with Crippen LogP contribution in [0.4, 0.5) is 11.6 Å². The van der Waals surface area contributed by atoms with Gasteiger partial charge >= 0.3 is 0 Å². The van der Waals surface area contributed by atoms with Crippen LogP contribution in [-0.4, -0.2) is 23.1 Å². The minimum atomic E-state index is 0.404. The van der Waals surface area contributed by atoms with Gasteiger partial charge in [-0.1, -0.05) is 27.7 Å². The first-order chi connectivity index (χ1) is 8.56. The largest absolute Gasteiger partial charge is 0.370 e. The molecule has 0 bridgehead atoms. The number of nitrogens with one attached hydrogen (secondary N) is 2. The lowest BCUT2D eigenvalue weighted by atomic mass is 10.0. The zero-order chi connectivity index (χ0) is 13.5. The van der Waals surface area contributed by atoms with Crippen LogP contribution in [0.3, 0.4) is 0 Å². The zero-order valence-electron chi connectivity index (χ0n) is 12.2. The van der Waals surface area contributed by atoms with Crippen molar-refractivity contribution in [3.05, 3.63) is 11.9 Å². The van der Waals surface area contributed by atoms with Gasteiger partial charge in [-0.3, -0.25) is 0 Å². The number of anilines is 2. The average molecular weight is 250 g/mol. The summed E-state index contributed by atoms with van der Waals surface area (Å²) in [6.45, 7) is 12.7. The standard InChI is InChI=1S/C14H26N4/c1-6-15-13-12(11(4)5)14(18-9-17-13)16-8-7-10(2)3/h9-11H,6-8H2,1-5H3,(H2,15,16,17,18). The summed E-state index contributed by atoms with van der Waals surface area (Å²) in [5, 5.41) is 6.74. The van der Waals surface area contributed by atoms with E-state index in [-0.39, 0.29) is 0 Å². The van der Waals surface area contributed by atoms with Gasteiger partial charge in [-0.15, -0.1) is 0 Å². The summed E-state index contributed by atoms with van der Waals surface area (Å²) >= 11 is 0. The van der Waals surface area contributed by atoms with Gasteiger partial charge in [-0.2, -0.15) is 0 Å². The lowest BCUT2D eigenvalue weighted by Crippen LogP contribution is -2.12. The second-order valence-corrected chi connectivity index (χ2v) is 5.28. The highest BCUT2D eigenvalue weighted by atomic mass is 15.1. The minimum absolute atomic E-state index is 0.404. The summed E-state index contributed by atoms with van der Waals surface area (Å²) in [6.07, 6.45) is 2.78. The molecule has 0 radical (unpaired) electrons. The van der Waals surface area contributed by atoms with Crippen LogP contribution in [0.15, 0.2) is 6.33 Å². The molecular weight excluding hydrogens is 224 g/mol. The zero-order valence-corrected chi connectivity index (χ0v) is 12.2. The monoisotopic (exact) mass is 250 g/mol. The van der Waals surface area contributed by atoms with E-state index in [2.05, 4.69) is 55.2 Å². The van der Waals surface area contributed by atoms with Crippen molar-refractivity contribution in [1.82, 2.24) is 9.97 Å². The molecule has 0 spiro atoms. The summed E-state index contributed by atoms with van der Waals surface area (Å²) in [5.74, 6) is 3.03. The number of nitrogens with zero attached hydrogens (tertiary/aromatic N) is 2. The average Bonchev–Trinajstić information content (AvgIpc) is 2.28. The highest BCUT2D eigenvalue weighted by Gasteiger charge is 2.14. The maximum Gasteiger partial charge on any atom is 0.134 e. The molecule has 1 heterocycles. The van der Waals surface area contributed by atoms with Crippen LogP contribution >= 0.6 is 0 Å². The first-order valence-electron chi connectivity index (χ1n) is 6.88. The second kappa shape index (κ2) is 7.19. The molecule has 1 aromatic rings. The van der Waals surface area contributed by atoms with Gasteiger partial charge in [0.25, 0.3) is 0 Å². The van der Waals surface area contributed by atoms with E-state index in [1.54, 1.807) is 6.33 Å². The third-order valence-corrected chi connectivity index (χ3v) is 2.82. The van der Waals surface area contributed by atoms with Gasteiger partial charge in [0.15, 0.2) is 0 Å². The molecule has 18 heavy (non-hydrogen) atoms. The van der Waals surface area contributed by atoms with Crippen LogP contribution in [0.5, 0.6) is 0 Å². The molecule has 4 nitrogen and oxygen atoms in total. The second-order valence-electron chi connectivity index (χ2n) is 5.28. The first-order valence-corrected chi connectivity index (χ1v) is 6.88. The molecule has 0 fully saturated rings. The molecule has 0 atom stereocenters. The molecule has 0 saturated heterocycles. The highest BCUT2D eigenvalue weighted by molar-refractivity contribution is 5.58. The number of rotatable bonds is 7. The third-order valence-electron chi connectivity index (χ3n) is 2.82. The molecule has 1 rings (SSSR count). The van der Waals surface area contributed by atoms with Crippen LogP contribution in [0.1, 0.15) is 52.5 Å². The van der Waals surface area contributed by atoms with Crippen molar-refractivity contribution in [2.75, 3.05) is 23.7 Å². The fourth-order valence-corrected chi connectivity index (χ4v) is 1.87. The van der Waals surface area contributed by atoms with Gasteiger partial charge in [0.2, 0.25) is 0 Å². The Labute approximate surface area is 111 Å². The van der Waals surface area contributed by atoms with E-state index in [0.29, 0.717) is 11.8 Å². The number of hydrogen-bond acceptors (Lipinski definition) is 4. The van der Waals surface area contributed by atoms with Crippen molar-refractivity contribution in [3.8, 4) is 0 Å². The Kier molecular flexibility index (Phi) is 5.89. The van der Waals surface area contributed by atoms with Crippen LogP contribution in [0.2, 0.25) is 0 Å². The summed E-state index contributed by atoms with van der Waals surface area (Å²) in [5.41, 5.74) is 1.18. The molecule has 0 aliphatic carbocycles. The smallest absolute Gasteiger partial charge is 0.134 e. The van der Waals surface area contributed by atoms with Gasteiger partial charge in [0.05, 0.1) is 0 Å². The lowest BCUT2D eigenvalue weighted by Gasteiger charge is -2.17. The Morgan fingerprint density at radius 1 is 1.06 bits per heavy atom. The lowest BCUT2D eigenvalue weighted by molar-refractivity contribution is 0.606. The molecule has 0 saturated carbocycles. The molecule has 0 aromatic carbocycles. The van der Waals surface area contributed by atoms with E-state index in [1.807, 2.05) is 0 Å². The summed E-state index contributed by atoms with van der Waals surface area (Å²) in [4.78, 5) is 8.71. The van der Waals surface area contributed by atoms with Crippen molar-refractivity contribution in [1.29, 1.82) is 0 Å². The Morgan fingerprint density at radius 2 is 1.67 bits per heavy atom. The van der Waals surface area contributed by atoms with E-state index in [9.17, 15) is 0 Å². The van der Waals surface area contributed by atoms with Crippen molar-refractivity contribution in [2.45, 2.75) is 47.0 Å². The topological polar surface area (TPSA) is 49.8 Å².